The molecule has 1 rings (SSSR count). The summed E-state index contributed by atoms with van der Waals surface area (Å²) in [5.41, 5.74) is 0.167. The van der Waals surface area contributed by atoms with Crippen LogP contribution < -0.4 is 10.2 Å². The van der Waals surface area contributed by atoms with Crippen molar-refractivity contribution in [1.82, 2.24) is 0 Å². The zero-order valence-electron chi connectivity index (χ0n) is 12.5. The van der Waals surface area contributed by atoms with E-state index in [1.807, 2.05) is 18.7 Å². The van der Waals surface area contributed by atoms with Gasteiger partial charge in [0.1, 0.15) is 11.4 Å². The molecule has 0 atom stereocenters. The average molecular weight is 281 g/mol. The highest BCUT2D eigenvalue weighted by Gasteiger charge is 2.26. The van der Waals surface area contributed by atoms with Gasteiger partial charge in [0.25, 0.3) is 0 Å². The maximum Gasteiger partial charge on any atom is 0.315 e. The van der Waals surface area contributed by atoms with Crippen molar-refractivity contribution in [2.45, 2.75) is 33.3 Å². The fourth-order valence-electron chi connectivity index (χ4n) is 2.15. The number of rotatable bonds is 7. The number of nitro benzene ring substituents is 1. The molecule has 0 amide bonds. The van der Waals surface area contributed by atoms with Gasteiger partial charge in [0.05, 0.1) is 10.5 Å². The van der Waals surface area contributed by atoms with Gasteiger partial charge in [-0.15, -0.1) is 0 Å². The first-order valence-electron chi connectivity index (χ1n) is 6.78. The number of para-hydroxylation sites is 1. The Morgan fingerprint density at radius 2 is 2.05 bits per heavy atom. The van der Waals surface area contributed by atoms with Gasteiger partial charge in [-0.05, 0) is 39.8 Å². The Hall–Kier alpha value is -1.82. The molecule has 112 valence electrons. The number of hydrogen-bond acceptors (Lipinski definition) is 5. The van der Waals surface area contributed by atoms with Crippen LogP contribution in [0.2, 0.25) is 0 Å². The highest BCUT2D eigenvalue weighted by atomic mass is 16.6. The molecule has 0 spiro atoms. The molecule has 1 aromatic rings. The number of aliphatic hydroxyl groups is 1. The molecule has 0 unspecified atom stereocenters. The molecule has 0 aliphatic heterocycles. The molecule has 20 heavy (non-hydrogen) atoms. The van der Waals surface area contributed by atoms with Crippen molar-refractivity contribution >= 4 is 17.1 Å². The molecular formula is C14H23N3O3. The van der Waals surface area contributed by atoms with Crippen LogP contribution >= 0.6 is 0 Å². The van der Waals surface area contributed by atoms with E-state index in [0.29, 0.717) is 31.0 Å². The maximum atomic E-state index is 11.4. The first kappa shape index (κ1) is 16.2. The van der Waals surface area contributed by atoms with Crippen molar-refractivity contribution in [2.24, 2.45) is 0 Å². The standard InChI is InChI=1S/C14H23N3O3/c1-5-15-11-8-7-9-12(13(11)17(19)20)16(6-2)10-14(3,4)18/h7-9,15,18H,5-6,10H2,1-4H3. The van der Waals surface area contributed by atoms with Crippen LogP contribution in [0.1, 0.15) is 27.7 Å². The van der Waals surface area contributed by atoms with Gasteiger partial charge < -0.3 is 15.3 Å². The molecule has 0 saturated carbocycles. The van der Waals surface area contributed by atoms with E-state index in [0.717, 1.165) is 0 Å². The second-order valence-corrected chi connectivity index (χ2v) is 5.29. The zero-order valence-corrected chi connectivity index (χ0v) is 12.5. The van der Waals surface area contributed by atoms with Gasteiger partial charge in [-0.25, -0.2) is 0 Å². The summed E-state index contributed by atoms with van der Waals surface area (Å²) in [6, 6.07) is 5.20. The highest BCUT2D eigenvalue weighted by molar-refractivity contribution is 5.77. The van der Waals surface area contributed by atoms with Gasteiger partial charge in [0, 0.05) is 19.6 Å². The fourth-order valence-corrected chi connectivity index (χ4v) is 2.15. The third kappa shape index (κ3) is 4.09. The molecule has 0 aliphatic rings. The molecule has 2 N–H and O–H groups in total. The van der Waals surface area contributed by atoms with E-state index in [-0.39, 0.29) is 10.6 Å². The molecule has 1 aromatic carbocycles. The van der Waals surface area contributed by atoms with Crippen molar-refractivity contribution in [1.29, 1.82) is 0 Å². The molecule has 0 radical (unpaired) electrons. The summed E-state index contributed by atoms with van der Waals surface area (Å²) in [7, 11) is 0. The van der Waals surface area contributed by atoms with Crippen LogP contribution in [0.5, 0.6) is 0 Å². The third-order valence-corrected chi connectivity index (χ3v) is 2.86. The van der Waals surface area contributed by atoms with Crippen LogP contribution in [-0.2, 0) is 0 Å². The van der Waals surface area contributed by atoms with Gasteiger partial charge in [-0.1, -0.05) is 6.07 Å². The Morgan fingerprint density at radius 1 is 1.40 bits per heavy atom. The Bertz CT molecular complexity index is 469. The number of anilines is 2. The van der Waals surface area contributed by atoms with Gasteiger partial charge in [-0.2, -0.15) is 0 Å². The third-order valence-electron chi connectivity index (χ3n) is 2.86. The van der Waals surface area contributed by atoms with E-state index in [1.165, 1.54) is 0 Å². The molecule has 0 heterocycles. The second-order valence-electron chi connectivity index (χ2n) is 5.29. The molecule has 6 nitrogen and oxygen atoms in total. The van der Waals surface area contributed by atoms with Crippen molar-refractivity contribution in [3.05, 3.63) is 28.3 Å². The lowest BCUT2D eigenvalue weighted by Gasteiger charge is -2.29. The minimum atomic E-state index is -0.919. The Balaban J connectivity index is 3.27. The van der Waals surface area contributed by atoms with Crippen LogP contribution in [0.15, 0.2) is 18.2 Å². The molecule has 0 fully saturated rings. The van der Waals surface area contributed by atoms with E-state index < -0.39 is 5.60 Å². The lowest BCUT2D eigenvalue weighted by atomic mass is 10.1. The number of benzene rings is 1. The number of nitro groups is 1. The summed E-state index contributed by atoms with van der Waals surface area (Å²) in [4.78, 5) is 12.8. The van der Waals surface area contributed by atoms with E-state index in [9.17, 15) is 15.2 Å². The zero-order chi connectivity index (χ0) is 15.3. The molecule has 6 heteroatoms. The Labute approximate surface area is 119 Å². The van der Waals surface area contributed by atoms with Crippen LogP contribution in [0.25, 0.3) is 0 Å². The lowest BCUT2D eigenvalue weighted by Crippen LogP contribution is -2.38. The first-order valence-corrected chi connectivity index (χ1v) is 6.78. The molecule has 0 aromatic heterocycles. The van der Waals surface area contributed by atoms with E-state index >= 15 is 0 Å². The topological polar surface area (TPSA) is 78.6 Å². The smallest absolute Gasteiger partial charge is 0.315 e. The monoisotopic (exact) mass is 281 g/mol. The van der Waals surface area contributed by atoms with Crippen molar-refractivity contribution < 1.29 is 10.0 Å². The number of nitrogens with one attached hydrogen (secondary N) is 1. The Morgan fingerprint density at radius 3 is 2.50 bits per heavy atom. The summed E-state index contributed by atoms with van der Waals surface area (Å²) >= 11 is 0. The van der Waals surface area contributed by atoms with Crippen molar-refractivity contribution in [3.8, 4) is 0 Å². The van der Waals surface area contributed by atoms with Gasteiger partial charge in [0.2, 0.25) is 0 Å². The largest absolute Gasteiger partial charge is 0.389 e. The summed E-state index contributed by atoms with van der Waals surface area (Å²) < 4.78 is 0. The molecule has 0 saturated heterocycles. The summed E-state index contributed by atoms with van der Waals surface area (Å²) in [5, 5.41) is 24.3. The quantitative estimate of drug-likeness (QED) is 0.593. The fraction of sp³-hybridized carbons (Fsp3) is 0.571. The molecular weight excluding hydrogens is 258 g/mol. The number of hydrogen-bond donors (Lipinski definition) is 2. The molecule has 0 bridgehead atoms. The van der Waals surface area contributed by atoms with Gasteiger partial charge >= 0.3 is 5.69 Å². The van der Waals surface area contributed by atoms with Crippen molar-refractivity contribution in [2.75, 3.05) is 29.9 Å². The summed E-state index contributed by atoms with van der Waals surface area (Å²) in [5.74, 6) is 0. The predicted octanol–water partition coefficient (Wildman–Crippen LogP) is 2.62. The number of likely N-dealkylation sites (N-methyl/N-ethyl adjacent to an activating group) is 1. The summed E-state index contributed by atoms with van der Waals surface area (Å²) in [6.45, 7) is 8.72. The van der Waals surface area contributed by atoms with Gasteiger partial charge in [-0.3, -0.25) is 10.1 Å². The molecule has 0 aliphatic carbocycles. The average Bonchev–Trinajstić information content (AvgIpc) is 2.34. The van der Waals surface area contributed by atoms with E-state index in [2.05, 4.69) is 5.32 Å². The van der Waals surface area contributed by atoms with E-state index in [1.54, 1.807) is 32.0 Å². The maximum absolute atomic E-state index is 11.4. The van der Waals surface area contributed by atoms with Crippen molar-refractivity contribution in [3.63, 3.8) is 0 Å². The van der Waals surface area contributed by atoms with Gasteiger partial charge in [0.15, 0.2) is 0 Å². The van der Waals surface area contributed by atoms with Crippen LogP contribution in [0.4, 0.5) is 17.1 Å². The van der Waals surface area contributed by atoms with Crippen LogP contribution in [0, 0.1) is 10.1 Å². The minimum absolute atomic E-state index is 0.0560. The van der Waals surface area contributed by atoms with E-state index in [4.69, 9.17) is 0 Å². The number of nitrogens with zero attached hydrogens (tertiary/aromatic N) is 2. The van der Waals surface area contributed by atoms with Crippen LogP contribution in [0.3, 0.4) is 0 Å². The SMILES string of the molecule is CCNc1cccc(N(CC)CC(C)(C)O)c1[N+](=O)[O-]. The normalized spacial score (nSPS) is 11.2. The van der Waals surface area contributed by atoms with Crippen LogP contribution in [-0.4, -0.2) is 35.3 Å². The first-order chi connectivity index (χ1) is 9.30. The summed E-state index contributed by atoms with van der Waals surface area (Å²) in [6.07, 6.45) is 0. The minimum Gasteiger partial charge on any atom is -0.389 e. The Kier molecular flexibility index (Phi) is 5.33. The highest BCUT2D eigenvalue weighted by Crippen LogP contribution is 2.35. The second kappa shape index (κ2) is 6.56. The lowest BCUT2D eigenvalue weighted by molar-refractivity contribution is -0.383. The predicted molar refractivity (Wildman–Crippen MR) is 81.4 cm³/mol.